The molecule has 1 aliphatic rings. The van der Waals surface area contributed by atoms with Gasteiger partial charge in [-0.3, -0.25) is 14.7 Å². The van der Waals surface area contributed by atoms with Gasteiger partial charge in [-0.2, -0.15) is 5.10 Å². The summed E-state index contributed by atoms with van der Waals surface area (Å²) in [6.45, 7) is 0.145. The topological polar surface area (TPSA) is 119 Å². The first-order chi connectivity index (χ1) is 17.7. The van der Waals surface area contributed by atoms with Crippen LogP contribution in [-0.4, -0.2) is 43.9 Å². The number of amides is 2. The van der Waals surface area contributed by atoms with E-state index in [-0.39, 0.29) is 12.5 Å². The fourth-order valence-electron chi connectivity index (χ4n) is 4.37. The van der Waals surface area contributed by atoms with E-state index in [1.165, 1.54) is 6.33 Å². The highest BCUT2D eigenvalue weighted by Gasteiger charge is 2.34. The number of rotatable bonds is 5. The Labute approximate surface area is 205 Å². The van der Waals surface area contributed by atoms with E-state index in [1.807, 2.05) is 78.9 Å². The largest absolute Gasteiger partial charge is 0.351 e. The van der Waals surface area contributed by atoms with Crippen LogP contribution in [0.2, 0.25) is 0 Å². The van der Waals surface area contributed by atoms with Crippen LogP contribution in [0.4, 0.5) is 5.69 Å². The monoisotopic (exact) mass is 475 g/mol. The number of anilines is 1. The van der Waals surface area contributed by atoms with E-state index in [0.29, 0.717) is 22.9 Å². The van der Waals surface area contributed by atoms with Gasteiger partial charge in [0.05, 0.1) is 17.9 Å². The van der Waals surface area contributed by atoms with Crippen LogP contribution in [0, 0.1) is 0 Å². The van der Waals surface area contributed by atoms with Gasteiger partial charge in [0.2, 0.25) is 6.17 Å². The maximum absolute atomic E-state index is 13.9. The van der Waals surface area contributed by atoms with Crippen LogP contribution >= 0.6 is 0 Å². The first kappa shape index (κ1) is 21.5. The number of H-pyrrole nitrogens is 2. The molecule has 9 heteroatoms. The Bertz CT molecular complexity index is 1560. The minimum Gasteiger partial charge on any atom is -0.351 e. The number of aromatic amines is 2. The number of aromatic nitrogens is 4. The summed E-state index contributed by atoms with van der Waals surface area (Å²) in [6.07, 6.45) is 0.236. The maximum atomic E-state index is 13.9. The Balaban J connectivity index is 1.44. The molecule has 9 nitrogen and oxygen atoms in total. The molecule has 0 spiro atoms. The summed E-state index contributed by atoms with van der Waals surface area (Å²) in [5.41, 5.74) is 4.08. The molecular weight excluding hydrogens is 454 g/mol. The molecule has 3 heterocycles. The van der Waals surface area contributed by atoms with Gasteiger partial charge in [-0.25, -0.2) is 9.98 Å². The van der Waals surface area contributed by atoms with Gasteiger partial charge in [-0.05, 0) is 18.2 Å². The van der Waals surface area contributed by atoms with Crippen LogP contribution in [0.25, 0.3) is 10.9 Å². The lowest BCUT2D eigenvalue weighted by atomic mass is 10.0. The average Bonchev–Trinajstić information content (AvgIpc) is 3.58. The molecule has 0 radical (unpaired) electrons. The summed E-state index contributed by atoms with van der Waals surface area (Å²) in [4.78, 5) is 40.8. The molecule has 0 saturated carbocycles. The van der Waals surface area contributed by atoms with Crippen molar-refractivity contribution in [2.45, 2.75) is 12.7 Å². The van der Waals surface area contributed by atoms with Crippen LogP contribution in [0.5, 0.6) is 0 Å². The molecule has 2 aromatic heterocycles. The van der Waals surface area contributed by atoms with Gasteiger partial charge in [-0.15, -0.1) is 0 Å². The average molecular weight is 476 g/mol. The zero-order chi connectivity index (χ0) is 24.5. The Morgan fingerprint density at radius 1 is 0.972 bits per heavy atom. The lowest BCUT2D eigenvalue weighted by Crippen LogP contribution is -2.47. The zero-order valence-corrected chi connectivity index (χ0v) is 19.1. The first-order valence-corrected chi connectivity index (χ1v) is 11.4. The number of aliphatic imine (C=N–C) groups is 1. The second kappa shape index (κ2) is 8.95. The number of hydrogen-bond donors (Lipinski definition) is 3. The van der Waals surface area contributed by atoms with Crippen LogP contribution in [0.1, 0.15) is 27.4 Å². The van der Waals surface area contributed by atoms with Crippen LogP contribution in [0.15, 0.2) is 96.2 Å². The van der Waals surface area contributed by atoms with Crippen molar-refractivity contribution < 1.29 is 9.59 Å². The number of benzodiazepines with no additional fused rings is 1. The fourth-order valence-corrected chi connectivity index (χ4v) is 4.37. The summed E-state index contributed by atoms with van der Waals surface area (Å²) >= 11 is 0. The molecule has 1 aliphatic heterocycles. The van der Waals surface area contributed by atoms with E-state index in [1.54, 1.807) is 11.0 Å². The van der Waals surface area contributed by atoms with E-state index in [0.717, 1.165) is 22.0 Å². The maximum Gasteiger partial charge on any atom is 0.272 e. The normalized spacial score (nSPS) is 15.3. The SMILES string of the molecule is O=C(NC1N=C(c2ccccc2)c2ccccc2N(Cc2ncn[nH]2)C1=O)c1cc2ccccc2[nH]1. The minimum absolute atomic E-state index is 0.145. The van der Waals surface area contributed by atoms with Crippen molar-refractivity contribution in [3.63, 3.8) is 0 Å². The van der Waals surface area contributed by atoms with Gasteiger partial charge >= 0.3 is 0 Å². The van der Waals surface area contributed by atoms with Crippen molar-refractivity contribution >= 4 is 34.1 Å². The lowest BCUT2D eigenvalue weighted by molar-refractivity contribution is -0.120. The van der Waals surface area contributed by atoms with E-state index < -0.39 is 12.1 Å². The lowest BCUT2D eigenvalue weighted by Gasteiger charge is -2.24. The van der Waals surface area contributed by atoms with Crippen LogP contribution < -0.4 is 10.2 Å². The van der Waals surface area contributed by atoms with Crippen molar-refractivity contribution in [2.24, 2.45) is 4.99 Å². The zero-order valence-electron chi connectivity index (χ0n) is 19.1. The van der Waals surface area contributed by atoms with Gasteiger partial charge in [0.15, 0.2) is 0 Å². The third-order valence-corrected chi connectivity index (χ3v) is 6.07. The molecule has 5 aromatic rings. The summed E-state index contributed by atoms with van der Waals surface area (Å²) in [5.74, 6) is -0.289. The second-order valence-electron chi connectivity index (χ2n) is 8.36. The van der Waals surface area contributed by atoms with Crippen molar-refractivity contribution in [2.75, 3.05) is 4.90 Å². The minimum atomic E-state index is -1.16. The number of fused-ring (bicyclic) bond motifs is 2. The second-order valence-corrected chi connectivity index (χ2v) is 8.36. The van der Waals surface area contributed by atoms with Gasteiger partial charge in [0.1, 0.15) is 17.8 Å². The molecule has 6 rings (SSSR count). The number of carbonyl (C=O) groups excluding carboxylic acids is 2. The molecule has 1 atom stereocenters. The van der Waals surface area contributed by atoms with E-state index >= 15 is 0 Å². The fraction of sp³-hybridized carbons (Fsp3) is 0.0741. The third-order valence-electron chi connectivity index (χ3n) is 6.07. The van der Waals surface area contributed by atoms with E-state index in [9.17, 15) is 9.59 Å². The van der Waals surface area contributed by atoms with Crippen molar-refractivity contribution in [1.29, 1.82) is 0 Å². The van der Waals surface area contributed by atoms with E-state index in [2.05, 4.69) is 25.5 Å². The highest BCUT2D eigenvalue weighted by Crippen LogP contribution is 2.29. The summed E-state index contributed by atoms with van der Waals surface area (Å²) in [5, 5.41) is 10.5. The van der Waals surface area contributed by atoms with Crippen LogP contribution in [-0.2, 0) is 11.3 Å². The Kier molecular flexibility index (Phi) is 5.34. The summed E-state index contributed by atoms with van der Waals surface area (Å²) in [7, 11) is 0. The Hall–Kier alpha value is -5.05. The quantitative estimate of drug-likeness (QED) is 0.361. The predicted molar refractivity (Wildman–Crippen MR) is 136 cm³/mol. The summed E-state index contributed by atoms with van der Waals surface area (Å²) < 4.78 is 0. The number of carbonyl (C=O) groups is 2. The molecule has 0 saturated heterocycles. The van der Waals surface area contributed by atoms with Crippen LogP contribution in [0.3, 0.4) is 0 Å². The molecule has 0 fully saturated rings. The highest BCUT2D eigenvalue weighted by atomic mass is 16.2. The van der Waals surface area contributed by atoms with Crippen molar-refractivity contribution in [3.8, 4) is 0 Å². The molecule has 0 bridgehead atoms. The third kappa shape index (κ3) is 3.92. The molecule has 36 heavy (non-hydrogen) atoms. The highest BCUT2D eigenvalue weighted by molar-refractivity contribution is 6.20. The van der Waals surface area contributed by atoms with Gasteiger partial charge < -0.3 is 15.2 Å². The first-order valence-electron chi connectivity index (χ1n) is 11.4. The molecule has 0 aliphatic carbocycles. The molecule has 2 amide bonds. The molecule has 1 unspecified atom stereocenters. The Morgan fingerprint density at radius 3 is 2.56 bits per heavy atom. The van der Waals surface area contributed by atoms with Crippen molar-refractivity contribution in [3.05, 3.63) is 114 Å². The molecule has 3 N–H and O–H groups in total. The molecule has 176 valence electrons. The van der Waals surface area contributed by atoms with Gasteiger partial charge in [-0.1, -0.05) is 66.7 Å². The number of benzene rings is 3. The van der Waals surface area contributed by atoms with Gasteiger partial charge in [0, 0.05) is 22.0 Å². The predicted octanol–water partition coefficient (Wildman–Crippen LogP) is 3.43. The van der Waals surface area contributed by atoms with Crippen molar-refractivity contribution in [1.82, 2.24) is 25.5 Å². The van der Waals surface area contributed by atoms with E-state index in [4.69, 9.17) is 4.99 Å². The number of hydrogen-bond acceptors (Lipinski definition) is 5. The standard InChI is InChI=1S/C27H21N7O2/c35-26(21-14-18-10-4-6-12-20(18)30-21)32-25-27(36)34(15-23-28-16-29-33-23)22-13-7-5-11-19(22)24(31-25)17-8-2-1-3-9-17/h1-14,16,25,30H,15H2,(H,32,35)(H,28,29,33). The smallest absolute Gasteiger partial charge is 0.272 e. The Morgan fingerprint density at radius 2 is 1.75 bits per heavy atom. The van der Waals surface area contributed by atoms with Gasteiger partial charge in [0.25, 0.3) is 11.8 Å². The summed E-state index contributed by atoms with van der Waals surface area (Å²) in [6, 6.07) is 26.5. The number of para-hydroxylation sites is 2. The number of nitrogens with one attached hydrogen (secondary N) is 3. The molecule has 3 aromatic carbocycles. The number of nitrogens with zero attached hydrogens (tertiary/aromatic N) is 4. The molecular formula is C27H21N7O2.